The average Bonchev–Trinajstić information content (AvgIpc) is 2.40. The molecule has 0 bridgehead atoms. The minimum Gasteiger partial charge on any atom is -0.494 e. The minimum absolute atomic E-state index is 0.0794. The molecule has 1 aromatic rings. The van der Waals surface area contributed by atoms with Gasteiger partial charge in [-0.25, -0.2) is 4.79 Å². The van der Waals surface area contributed by atoms with Crippen molar-refractivity contribution in [1.82, 2.24) is 10.6 Å². The lowest BCUT2D eigenvalue weighted by molar-refractivity contribution is -0.136. The number of carboxylic acids is 1. The molecule has 110 valence electrons. The third kappa shape index (κ3) is 7.25. The Kier molecular flexibility index (Phi) is 6.95. The van der Waals surface area contributed by atoms with Crippen LogP contribution in [0, 0.1) is 6.92 Å². The first-order chi connectivity index (χ1) is 9.58. The van der Waals surface area contributed by atoms with E-state index in [1.54, 1.807) is 0 Å². The molecule has 6 heteroatoms. The Morgan fingerprint density at radius 1 is 1.15 bits per heavy atom. The molecule has 6 nitrogen and oxygen atoms in total. The number of ether oxygens (including phenoxy) is 1. The van der Waals surface area contributed by atoms with E-state index in [4.69, 9.17) is 9.84 Å². The number of benzene rings is 1. The van der Waals surface area contributed by atoms with Crippen LogP contribution in [0.5, 0.6) is 5.75 Å². The number of hydrogen-bond acceptors (Lipinski definition) is 3. The highest BCUT2D eigenvalue weighted by molar-refractivity contribution is 5.74. The third-order valence-electron chi connectivity index (χ3n) is 2.52. The van der Waals surface area contributed by atoms with Gasteiger partial charge in [0.2, 0.25) is 0 Å². The summed E-state index contributed by atoms with van der Waals surface area (Å²) >= 11 is 0. The van der Waals surface area contributed by atoms with Gasteiger partial charge in [0.15, 0.2) is 0 Å². The van der Waals surface area contributed by atoms with Gasteiger partial charge in [-0.1, -0.05) is 17.7 Å². The molecule has 0 atom stereocenters. The SMILES string of the molecule is Cc1ccc(OCCCNC(=O)NCCC(=O)O)cc1. The number of nitrogens with one attached hydrogen (secondary N) is 2. The van der Waals surface area contributed by atoms with Crippen LogP contribution in [0.3, 0.4) is 0 Å². The molecule has 0 saturated carbocycles. The average molecular weight is 280 g/mol. The number of carboxylic acid groups (broad SMARTS) is 1. The first kappa shape index (κ1) is 15.8. The lowest BCUT2D eigenvalue weighted by Crippen LogP contribution is -2.37. The maximum Gasteiger partial charge on any atom is 0.314 e. The summed E-state index contributed by atoms with van der Waals surface area (Å²) in [6.45, 7) is 3.13. The largest absolute Gasteiger partial charge is 0.494 e. The Morgan fingerprint density at radius 2 is 1.80 bits per heavy atom. The van der Waals surface area contributed by atoms with E-state index in [9.17, 15) is 9.59 Å². The van der Waals surface area contributed by atoms with E-state index >= 15 is 0 Å². The number of carbonyl (C=O) groups is 2. The zero-order valence-electron chi connectivity index (χ0n) is 11.5. The van der Waals surface area contributed by atoms with Gasteiger partial charge in [0, 0.05) is 13.1 Å². The standard InChI is InChI=1S/C14H20N2O4/c1-11-3-5-12(6-4-11)20-10-2-8-15-14(19)16-9-7-13(17)18/h3-6H,2,7-10H2,1H3,(H,17,18)(H2,15,16,19). The molecule has 0 fully saturated rings. The van der Waals surface area contributed by atoms with E-state index < -0.39 is 5.97 Å². The van der Waals surface area contributed by atoms with Gasteiger partial charge in [0.25, 0.3) is 0 Å². The highest BCUT2D eigenvalue weighted by Gasteiger charge is 2.01. The number of carbonyl (C=O) groups excluding carboxylic acids is 1. The third-order valence-corrected chi connectivity index (χ3v) is 2.52. The number of hydrogen-bond donors (Lipinski definition) is 3. The minimum atomic E-state index is -0.934. The van der Waals surface area contributed by atoms with Crippen LogP contribution in [0.25, 0.3) is 0 Å². The van der Waals surface area contributed by atoms with Crippen molar-refractivity contribution in [3.05, 3.63) is 29.8 Å². The van der Waals surface area contributed by atoms with E-state index in [2.05, 4.69) is 10.6 Å². The van der Waals surface area contributed by atoms with Crippen molar-refractivity contribution in [3.8, 4) is 5.75 Å². The lowest BCUT2D eigenvalue weighted by atomic mass is 10.2. The topological polar surface area (TPSA) is 87.7 Å². The molecule has 0 aliphatic heterocycles. The van der Waals surface area contributed by atoms with Gasteiger partial charge in [-0.3, -0.25) is 4.79 Å². The van der Waals surface area contributed by atoms with E-state index in [0.29, 0.717) is 19.6 Å². The molecule has 20 heavy (non-hydrogen) atoms. The highest BCUT2D eigenvalue weighted by Crippen LogP contribution is 2.11. The Hall–Kier alpha value is -2.24. The zero-order valence-corrected chi connectivity index (χ0v) is 11.5. The van der Waals surface area contributed by atoms with Crippen molar-refractivity contribution in [2.75, 3.05) is 19.7 Å². The Bertz CT molecular complexity index is 431. The molecule has 0 radical (unpaired) electrons. The van der Waals surface area contributed by atoms with Crippen molar-refractivity contribution in [2.45, 2.75) is 19.8 Å². The van der Waals surface area contributed by atoms with Crippen LogP contribution in [0.2, 0.25) is 0 Å². The molecule has 1 rings (SSSR count). The highest BCUT2D eigenvalue weighted by atomic mass is 16.5. The van der Waals surface area contributed by atoms with E-state index in [0.717, 1.165) is 5.75 Å². The molecular weight excluding hydrogens is 260 g/mol. The smallest absolute Gasteiger partial charge is 0.314 e. The molecule has 0 aliphatic carbocycles. The van der Waals surface area contributed by atoms with Crippen molar-refractivity contribution in [1.29, 1.82) is 0 Å². The molecule has 0 spiro atoms. The molecule has 1 aromatic carbocycles. The summed E-state index contributed by atoms with van der Waals surface area (Å²) in [4.78, 5) is 21.5. The normalized spacial score (nSPS) is 9.85. The lowest BCUT2D eigenvalue weighted by Gasteiger charge is -2.08. The Morgan fingerprint density at radius 3 is 2.45 bits per heavy atom. The second-order valence-electron chi connectivity index (χ2n) is 4.34. The number of aliphatic carboxylic acids is 1. The molecule has 0 unspecified atom stereocenters. The van der Waals surface area contributed by atoms with Crippen LogP contribution < -0.4 is 15.4 Å². The van der Waals surface area contributed by atoms with Gasteiger partial charge in [-0.2, -0.15) is 0 Å². The molecule has 0 saturated heterocycles. The van der Waals surface area contributed by atoms with Crippen molar-refractivity contribution >= 4 is 12.0 Å². The molecule has 0 aliphatic rings. The van der Waals surface area contributed by atoms with E-state index in [1.165, 1.54) is 5.56 Å². The summed E-state index contributed by atoms with van der Waals surface area (Å²) < 4.78 is 5.51. The summed E-state index contributed by atoms with van der Waals surface area (Å²) in [5, 5.41) is 13.5. The summed E-state index contributed by atoms with van der Waals surface area (Å²) in [5.74, 6) is -0.127. The molecule has 3 N–H and O–H groups in total. The van der Waals surface area contributed by atoms with Crippen LogP contribution in [0.15, 0.2) is 24.3 Å². The maximum absolute atomic E-state index is 11.2. The van der Waals surface area contributed by atoms with Crippen LogP contribution >= 0.6 is 0 Å². The fraction of sp³-hybridized carbons (Fsp3) is 0.429. The van der Waals surface area contributed by atoms with Crippen LogP contribution in [-0.2, 0) is 4.79 Å². The molecular formula is C14H20N2O4. The van der Waals surface area contributed by atoms with Gasteiger partial charge in [0.1, 0.15) is 5.75 Å². The number of rotatable bonds is 8. The number of urea groups is 1. The molecule has 2 amide bonds. The Balaban J connectivity index is 2.02. The van der Waals surface area contributed by atoms with Crippen LogP contribution in [0.1, 0.15) is 18.4 Å². The van der Waals surface area contributed by atoms with E-state index in [-0.39, 0.29) is 19.0 Å². The van der Waals surface area contributed by atoms with Gasteiger partial charge in [-0.15, -0.1) is 0 Å². The molecule has 0 heterocycles. The number of aryl methyl sites for hydroxylation is 1. The van der Waals surface area contributed by atoms with Crippen molar-refractivity contribution in [3.63, 3.8) is 0 Å². The monoisotopic (exact) mass is 280 g/mol. The molecule has 0 aromatic heterocycles. The quantitative estimate of drug-likeness (QED) is 0.630. The predicted octanol–water partition coefficient (Wildman–Crippen LogP) is 1.54. The summed E-state index contributed by atoms with van der Waals surface area (Å²) in [5.41, 5.74) is 1.18. The van der Waals surface area contributed by atoms with Gasteiger partial charge < -0.3 is 20.5 Å². The maximum atomic E-state index is 11.2. The van der Waals surface area contributed by atoms with Crippen molar-refractivity contribution in [2.24, 2.45) is 0 Å². The van der Waals surface area contributed by atoms with Gasteiger partial charge in [-0.05, 0) is 25.5 Å². The van der Waals surface area contributed by atoms with Gasteiger partial charge in [0.05, 0.1) is 13.0 Å². The summed E-state index contributed by atoms with van der Waals surface area (Å²) in [6, 6.07) is 7.40. The van der Waals surface area contributed by atoms with E-state index in [1.807, 2.05) is 31.2 Å². The van der Waals surface area contributed by atoms with Crippen molar-refractivity contribution < 1.29 is 19.4 Å². The fourth-order valence-corrected chi connectivity index (χ4v) is 1.44. The first-order valence-electron chi connectivity index (χ1n) is 6.51. The van der Waals surface area contributed by atoms with Gasteiger partial charge >= 0.3 is 12.0 Å². The summed E-state index contributed by atoms with van der Waals surface area (Å²) in [7, 11) is 0. The second kappa shape index (κ2) is 8.79. The summed E-state index contributed by atoms with van der Waals surface area (Å²) in [6.07, 6.45) is 0.601. The predicted molar refractivity (Wildman–Crippen MR) is 74.9 cm³/mol. The fourth-order valence-electron chi connectivity index (χ4n) is 1.44. The second-order valence-corrected chi connectivity index (χ2v) is 4.34. The van der Waals surface area contributed by atoms with Crippen LogP contribution in [-0.4, -0.2) is 36.8 Å². The zero-order chi connectivity index (χ0) is 14.8. The number of amides is 2. The first-order valence-corrected chi connectivity index (χ1v) is 6.51. The Labute approximate surface area is 118 Å². The van der Waals surface area contributed by atoms with Crippen LogP contribution in [0.4, 0.5) is 4.79 Å².